The van der Waals surface area contributed by atoms with E-state index in [1.54, 1.807) is 128 Å². The van der Waals surface area contributed by atoms with Crippen molar-refractivity contribution in [2.24, 2.45) is 5.92 Å². The van der Waals surface area contributed by atoms with Crippen molar-refractivity contribution < 1.29 is 60.8 Å². The predicted octanol–water partition coefficient (Wildman–Crippen LogP) is 23.1. The fourth-order valence-electron chi connectivity index (χ4n) is 17.9. The molecule has 139 heavy (non-hydrogen) atoms. The number of alkyl halides is 3. The monoisotopic (exact) mass is 2020 g/mol. The van der Waals surface area contributed by atoms with Crippen LogP contribution < -0.4 is 29.0 Å². The molecule has 6 aromatic heterocycles. The molecule has 14 aromatic rings. The zero-order valence-electron chi connectivity index (χ0n) is 79.8. The van der Waals surface area contributed by atoms with E-state index in [1.807, 2.05) is 92.9 Å². The summed E-state index contributed by atoms with van der Waals surface area (Å²) < 4.78 is 71.4. The fraction of sp³-hybridized carbons (Fsp3) is 0.355. The van der Waals surface area contributed by atoms with Crippen LogP contribution in [0.15, 0.2) is 217 Å². The van der Waals surface area contributed by atoms with Gasteiger partial charge in [-0.2, -0.15) is 18.3 Å². The van der Waals surface area contributed by atoms with Gasteiger partial charge >= 0.3 is 6.18 Å². The number of para-hydroxylation sites is 3. The van der Waals surface area contributed by atoms with Crippen LogP contribution in [0.3, 0.4) is 0 Å². The van der Waals surface area contributed by atoms with Crippen LogP contribution in [0.25, 0.3) is 52.9 Å². The first-order valence-corrected chi connectivity index (χ1v) is 51.1. The number of rotatable bonds is 21. The Hall–Kier alpha value is -12.5. The molecule has 0 unspecified atom stereocenters. The Morgan fingerprint density at radius 2 is 0.935 bits per heavy atom. The van der Waals surface area contributed by atoms with Gasteiger partial charge in [0.25, 0.3) is 29.6 Å². The standard InChI is InChI=1S/C22H28N6OS.C22H24N2O4S.C21H21BrN2O3S.C21H21F3N2O2.C21H22N2S/c1-4-9-26-10-12-27(13-11-26)21(29)17-15-24-28(20(17)16(2)3)22-23-8-7-18(25-22)19-6-5-14-30-19;1-26-17-12-15(13-18(27-2)20(17)28-3)22(25)24-10-8-14(9-11-24)21-23-16-6-4-5-7-19(16)29-21;1-26-16-11-14(12-17(27-2)19(16)22)21(25)24-9-7-13(8-10-24)20-23-15-5-3-4-6-18(15)28-20;1-14-5-7-16(8-6-14)20(28)26-11-9-15(10-12-26)19(27)25-18-4-2-3-17(13-18)21(22,23)24;1-15-7-9-17(10-8-15)16(2)23-13-11-18(12-14-23)21-22-19-5-3-4-6-20(19)24-21/h5-8,14-16H,4,9-13H2,1-3H3;4-7,12-14H,8-11H2,1-3H3;3-6,11-13H,7-10H2,1-2H3;2-8,13,15H,9-12H2,1H3,(H,25,27);3-10,18H,2,11-14H2,1H3. The van der Waals surface area contributed by atoms with Crippen molar-refractivity contribution in [3.63, 3.8) is 0 Å². The van der Waals surface area contributed by atoms with Crippen molar-refractivity contribution in [3.8, 4) is 45.3 Å². The van der Waals surface area contributed by atoms with Gasteiger partial charge in [-0.15, -0.1) is 45.3 Å². The first-order valence-electron chi connectivity index (χ1n) is 47.0. The quantitative estimate of drug-likeness (QED) is 0.0702. The molecule has 1 N–H and O–H groups in total. The summed E-state index contributed by atoms with van der Waals surface area (Å²) in [5.74, 6) is 3.96. The lowest BCUT2D eigenvalue weighted by Crippen LogP contribution is -2.48. The number of fused-ring (bicyclic) bond motifs is 3. The molecule has 0 radical (unpaired) electrons. The van der Waals surface area contributed by atoms with Crippen molar-refractivity contribution in [2.75, 3.05) is 126 Å². The molecule has 0 saturated carbocycles. The molecular weight excluding hydrogens is 1910 g/mol. The predicted molar refractivity (Wildman–Crippen MR) is 551 cm³/mol. The molecular formula is C107H116BrF3N14O10S4. The second-order valence-corrected chi connectivity index (χ2v) is 40.2. The summed E-state index contributed by atoms with van der Waals surface area (Å²) in [7, 11) is 7.81. The molecule has 5 saturated heterocycles. The molecule has 0 bridgehead atoms. The van der Waals surface area contributed by atoms with Crippen LogP contribution in [0.5, 0.6) is 28.7 Å². The number of ether oxygens (including phenoxy) is 5. The summed E-state index contributed by atoms with van der Waals surface area (Å²) in [5.41, 5.74) is 11.4. The minimum absolute atomic E-state index is 0.00634. The van der Waals surface area contributed by atoms with Gasteiger partial charge in [-0.1, -0.05) is 123 Å². The lowest BCUT2D eigenvalue weighted by Gasteiger charge is -2.34. The average Bonchev–Trinajstić information content (AvgIpc) is 1.64. The molecule has 32 heteroatoms. The highest BCUT2D eigenvalue weighted by atomic mass is 79.9. The van der Waals surface area contributed by atoms with Crippen LogP contribution in [-0.2, 0) is 11.0 Å². The molecule has 5 fully saturated rings. The number of carbonyl (C=O) groups is 5. The number of halogens is 4. The smallest absolute Gasteiger partial charge is 0.416 e. The lowest BCUT2D eigenvalue weighted by atomic mass is 9.95. The number of piperazine rings is 1. The Kier molecular flexibility index (Phi) is 34.1. The largest absolute Gasteiger partial charge is 0.495 e. The number of carbonyl (C=O) groups excluding carboxylic acids is 5. The van der Waals surface area contributed by atoms with E-state index >= 15 is 0 Å². The molecule has 726 valence electrons. The van der Waals surface area contributed by atoms with Gasteiger partial charge < -0.3 is 53.5 Å². The maximum Gasteiger partial charge on any atom is 0.416 e. The van der Waals surface area contributed by atoms with Crippen molar-refractivity contribution in [1.29, 1.82) is 0 Å². The van der Waals surface area contributed by atoms with Gasteiger partial charge in [0, 0.05) is 136 Å². The SMILES string of the molecule is C=C(c1ccc(C)cc1)N1CCC(c2nc3ccccc3s2)CC1.CCCN1CCN(C(=O)c2cnn(-c3nccc(-c4cccs4)n3)c2C(C)C)CC1.COc1cc(C(=O)N2CCC(c3nc4ccccc4s3)CC2)cc(OC)c1Br.COc1cc(C(=O)N2CCC(c3nc4ccccc4s3)CC2)cc(OC)c1OC.Cc1ccc(C(=O)N2CCC(C(=O)Nc3cccc(C(F)(F)F)c3)CC2)cc1. The van der Waals surface area contributed by atoms with Gasteiger partial charge in [0.2, 0.25) is 11.7 Å². The lowest BCUT2D eigenvalue weighted by molar-refractivity contribution is -0.137. The third-order valence-electron chi connectivity index (χ3n) is 25.7. The molecule has 0 spiro atoms. The van der Waals surface area contributed by atoms with E-state index in [9.17, 15) is 37.1 Å². The molecule has 19 rings (SSSR count). The number of hydrogen-bond acceptors (Lipinski definition) is 22. The van der Waals surface area contributed by atoms with E-state index in [1.165, 1.54) is 52.4 Å². The van der Waals surface area contributed by atoms with Crippen LogP contribution in [0.4, 0.5) is 18.9 Å². The van der Waals surface area contributed by atoms with E-state index in [0.717, 1.165) is 160 Å². The van der Waals surface area contributed by atoms with Gasteiger partial charge in [-0.3, -0.25) is 28.9 Å². The number of nitrogens with one attached hydrogen (secondary N) is 1. The number of benzene rings is 8. The number of thiophene rings is 1. The zero-order chi connectivity index (χ0) is 98.0. The average molecular weight is 2020 g/mol. The zero-order valence-corrected chi connectivity index (χ0v) is 84.7. The third-order valence-corrected chi connectivity index (χ3v) is 31.0. The number of anilines is 1. The van der Waals surface area contributed by atoms with Gasteiger partial charge in [0.1, 0.15) is 16.0 Å². The maximum absolute atomic E-state index is 13.3. The second kappa shape index (κ2) is 47.0. The molecule has 5 aliphatic rings. The normalized spacial score (nSPS) is 15.2. The third kappa shape index (κ3) is 24.9. The Labute approximate surface area is 833 Å². The van der Waals surface area contributed by atoms with Crippen molar-refractivity contribution in [1.82, 2.24) is 64.1 Å². The number of piperidine rings is 4. The van der Waals surface area contributed by atoms with Crippen LogP contribution in [0, 0.1) is 19.8 Å². The van der Waals surface area contributed by atoms with Crippen molar-refractivity contribution in [3.05, 3.63) is 282 Å². The van der Waals surface area contributed by atoms with Crippen molar-refractivity contribution >= 4 is 133 Å². The number of aromatic nitrogens is 7. The highest BCUT2D eigenvalue weighted by molar-refractivity contribution is 9.10. The summed E-state index contributed by atoms with van der Waals surface area (Å²) in [6.07, 6.45) is 7.05. The number of methoxy groups -OCH3 is 5. The highest BCUT2D eigenvalue weighted by Crippen LogP contribution is 2.44. The van der Waals surface area contributed by atoms with E-state index in [-0.39, 0.29) is 47.1 Å². The van der Waals surface area contributed by atoms with Crippen LogP contribution in [0.2, 0.25) is 0 Å². The first-order chi connectivity index (χ1) is 67.3. The summed E-state index contributed by atoms with van der Waals surface area (Å²) in [5, 5.41) is 12.8. The Bertz CT molecular complexity index is 6420. The number of amides is 5. The molecule has 8 aromatic carbocycles. The van der Waals surface area contributed by atoms with Gasteiger partial charge in [-0.25, -0.2) is 29.6 Å². The van der Waals surface area contributed by atoms with E-state index in [0.29, 0.717) is 118 Å². The van der Waals surface area contributed by atoms with E-state index in [4.69, 9.17) is 43.6 Å². The minimum atomic E-state index is -4.46. The summed E-state index contributed by atoms with van der Waals surface area (Å²) in [6.45, 7) is 25.0. The second-order valence-electron chi connectivity index (χ2n) is 35.2. The van der Waals surface area contributed by atoms with Crippen LogP contribution in [-0.4, -0.2) is 214 Å². The molecule has 11 heterocycles. The Morgan fingerprint density at radius 1 is 0.489 bits per heavy atom. The number of thiazole rings is 3. The van der Waals surface area contributed by atoms with Gasteiger partial charge in [0.15, 0.2) is 11.5 Å². The maximum atomic E-state index is 13.3. The molecule has 0 aliphatic carbocycles. The van der Waals surface area contributed by atoms with Crippen LogP contribution >= 0.6 is 61.3 Å². The number of aryl methyl sites for hydroxylation is 2. The molecule has 0 atom stereocenters. The fourth-order valence-corrected chi connectivity index (χ4v) is 22.5. The first kappa shape index (κ1) is 101. The van der Waals surface area contributed by atoms with E-state index in [2.05, 4.69) is 148 Å². The summed E-state index contributed by atoms with van der Waals surface area (Å²) >= 11 is 10.5. The molecule has 5 aliphatic heterocycles. The Morgan fingerprint density at radius 3 is 1.37 bits per heavy atom. The van der Waals surface area contributed by atoms with Crippen LogP contribution in [0.1, 0.15) is 187 Å². The molecule has 5 amide bonds. The summed E-state index contributed by atoms with van der Waals surface area (Å²) in [6, 6.07) is 58.4. The highest BCUT2D eigenvalue weighted by Gasteiger charge is 2.36. The minimum Gasteiger partial charge on any atom is -0.495 e. The van der Waals surface area contributed by atoms with Crippen molar-refractivity contribution in [2.45, 2.75) is 122 Å². The summed E-state index contributed by atoms with van der Waals surface area (Å²) in [4.78, 5) is 101. The topological polar surface area (TPSA) is 245 Å². The Balaban J connectivity index is 0.000000132. The number of nitrogens with zero attached hydrogens (tertiary/aromatic N) is 13. The molecule has 24 nitrogen and oxygen atoms in total. The van der Waals surface area contributed by atoms with E-state index < -0.39 is 11.7 Å². The number of likely N-dealkylation sites (tertiary alicyclic amines) is 4. The van der Waals surface area contributed by atoms with Gasteiger partial charge in [-0.05, 0) is 214 Å². The van der Waals surface area contributed by atoms with Gasteiger partial charge in [0.05, 0.1) is 115 Å². The number of hydrogen-bond donors (Lipinski definition) is 1.